The number of aryl methyl sites for hydroxylation is 1. The largest absolute Gasteiger partial charge is 0.372 e. The Morgan fingerprint density at radius 3 is 2.78 bits per heavy atom. The first-order chi connectivity index (χ1) is 8.60. The van der Waals surface area contributed by atoms with Gasteiger partial charge >= 0.3 is 0 Å². The van der Waals surface area contributed by atoms with Crippen LogP contribution in [0.2, 0.25) is 0 Å². The maximum absolute atomic E-state index is 4.36. The van der Waals surface area contributed by atoms with Crippen LogP contribution < -0.4 is 10.6 Å². The van der Waals surface area contributed by atoms with Crippen molar-refractivity contribution in [3.05, 3.63) is 28.6 Å². The SMILES string of the molecule is CNc1nc(NC(C)c2cnn(C)c2)ncc1Br. The van der Waals surface area contributed by atoms with Crippen molar-refractivity contribution in [2.75, 3.05) is 17.7 Å². The molecule has 0 aliphatic heterocycles. The van der Waals surface area contributed by atoms with Crippen molar-refractivity contribution in [2.45, 2.75) is 13.0 Å². The first kappa shape index (κ1) is 12.8. The molecule has 0 spiro atoms. The Kier molecular flexibility index (Phi) is 3.81. The van der Waals surface area contributed by atoms with Gasteiger partial charge in [-0.3, -0.25) is 4.68 Å². The molecule has 0 fully saturated rings. The zero-order valence-electron chi connectivity index (χ0n) is 10.5. The van der Waals surface area contributed by atoms with Gasteiger partial charge in [0.05, 0.1) is 16.7 Å². The van der Waals surface area contributed by atoms with E-state index in [0.717, 1.165) is 15.9 Å². The topological polar surface area (TPSA) is 67.7 Å². The van der Waals surface area contributed by atoms with E-state index in [9.17, 15) is 0 Å². The summed E-state index contributed by atoms with van der Waals surface area (Å²) in [7, 11) is 3.72. The molecule has 7 heteroatoms. The number of rotatable bonds is 4. The molecule has 0 aromatic carbocycles. The fourth-order valence-corrected chi connectivity index (χ4v) is 1.94. The van der Waals surface area contributed by atoms with Crippen LogP contribution in [0.15, 0.2) is 23.1 Å². The van der Waals surface area contributed by atoms with E-state index in [1.807, 2.05) is 33.4 Å². The molecule has 0 aliphatic carbocycles. The van der Waals surface area contributed by atoms with Gasteiger partial charge in [-0.1, -0.05) is 0 Å². The monoisotopic (exact) mass is 310 g/mol. The van der Waals surface area contributed by atoms with E-state index in [0.29, 0.717) is 5.95 Å². The second-order valence-electron chi connectivity index (χ2n) is 3.95. The number of nitrogens with one attached hydrogen (secondary N) is 2. The van der Waals surface area contributed by atoms with Crippen molar-refractivity contribution in [3.63, 3.8) is 0 Å². The lowest BCUT2D eigenvalue weighted by Crippen LogP contribution is -2.10. The molecule has 2 N–H and O–H groups in total. The molecule has 2 rings (SSSR count). The Morgan fingerprint density at radius 2 is 2.17 bits per heavy atom. The van der Waals surface area contributed by atoms with Gasteiger partial charge in [-0.05, 0) is 22.9 Å². The predicted octanol–water partition coefficient (Wildman–Crippen LogP) is 2.19. The highest BCUT2D eigenvalue weighted by atomic mass is 79.9. The number of anilines is 2. The summed E-state index contributed by atoms with van der Waals surface area (Å²) < 4.78 is 2.61. The highest BCUT2D eigenvalue weighted by Crippen LogP contribution is 2.21. The Bertz CT molecular complexity index is 538. The summed E-state index contributed by atoms with van der Waals surface area (Å²) >= 11 is 3.38. The molecule has 18 heavy (non-hydrogen) atoms. The van der Waals surface area contributed by atoms with Crippen LogP contribution in [-0.4, -0.2) is 26.8 Å². The molecule has 2 heterocycles. The number of hydrogen-bond donors (Lipinski definition) is 2. The molecule has 0 bridgehead atoms. The fourth-order valence-electron chi connectivity index (χ4n) is 1.55. The van der Waals surface area contributed by atoms with Crippen molar-refractivity contribution >= 4 is 27.7 Å². The smallest absolute Gasteiger partial charge is 0.225 e. The quantitative estimate of drug-likeness (QED) is 0.906. The molecule has 0 saturated carbocycles. The van der Waals surface area contributed by atoms with Gasteiger partial charge in [-0.2, -0.15) is 10.1 Å². The average Bonchev–Trinajstić information content (AvgIpc) is 2.78. The van der Waals surface area contributed by atoms with Crippen LogP contribution >= 0.6 is 15.9 Å². The molecule has 0 aliphatic rings. The first-order valence-electron chi connectivity index (χ1n) is 5.55. The van der Waals surface area contributed by atoms with E-state index in [-0.39, 0.29) is 6.04 Å². The zero-order valence-corrected chi connectivity index (χ0v) is 12.1. The molecule has 2 aromatic rings. The summed E-state index contributed by atoms with van der Waals surface area (Å²) in [5, 5.41) is 10.4. The third-order valence-electron chi connectivity index (χ3n) is 2.55. The van der Waals surface area contributed by atoms with Gasteiger partial charge in [-0.15, -0.1) is 0 Å². The summed E-state index contributed by atoms with van der Waals surface area (Å²) in [6, 6.07) is 0.101. The van der Waals surface area contributed by atoms with Crippen molar-refractivity contribution < 1.29 is 0 Å². The van der Waals surface area contributed by atoms with Crippen LogP contribution in [0, 0.1) is 0 Å². The van der Waals surface area contributed by atoms with Crippen LogP contribution in [0.25, 0.3) is 0 Å². The summed E-state index contributed by atoms with van der Waals surface area (Å²) in [5.41, 5.74) is 1.09. The van der Waals surface area contributed by atoms with Crippen LogP contribution in [-0.2, 0) is 7.05 Å². The van der Waals surface area contributed by atoms with Crippen molar-refractivity contribution in [3.8, 4) is 0 Å². The Balaban J connectivity index is 2.14. The van der Waals surface area contributed by atoms with E-state index < -0.39 is 0 Å². The molecule has 2 aromatic heterocycles. The minimum absolute atomic E-state index is 0.101. The summed E-state index contributed by atoms with van der Waals surface area (Å²) in [4.78, 5) is 8.58. The van der Waals surface area contributed by atoms with Gasteiger partial charge in [0, 0.05) is 32.1 Å². The van der Waals surface area contributed by atoms with Gasteiger partial charge in [0.25, 0.3) is 0 Å². The van der Waals surface area contributed by atoms with E-state index in [1.165, 1.54) is 0 Å². The van der Waals surface area contributed by atoms with Gasteiger partial charge in [-0.25, -0.2) is 4.98 Å². The Labute approximate surface area is 114 Å². The first-order valence-corrected chi connectivity index (χ1v) is 6.35. The van der Waals surface area contributed by atoms with E-state index in [2.05, 4.69) is 41.6 Å². The summed E-state index contributed by atoms with van der Waals surface area (Å²) in [5.74, 6) is 1.34. The third kappa shape index (κ3) is 2.79. The van der Waals surface area contributed by atoms with E-state index in [1.54, 1.807) is 10.9 Å². The second kappa shape index (κ2) is 5.34. The molecular formula is C11H15BrN6. The zero-order chi connectivity index (χ0) is 13.1. The molecule has 0 amide bonds. The minimum Gasteiger partial charge on any atom is -0.372 e. The molecule has 1 unspecified atom stereocenters. The third-order valence-corrected chi connectivity index (χ3v) is 3.13. The molecule has 96 valence electrons. The van der Waals surface area contributed by atoms with Crippen molar-refractivity contribution in [2.24, 2.45) is 7.05 Å². The van der Waals surface area contributed by atoms with Crippen LogP contribution in [0.5, 0.6) is 0 Å². The van der Waals surface area contributed by atoms with E-state index >= 15 is 0 Å². The van der Waals surface area contributed by atoms with Crippen LogP contribution in [0.1, 0.15) is 18.5 Å². The number of halogens is 1. The number of nitrogens with zero attached hydrogens (tertiary/aromatic N) is 4. The Morgan fingerprint density at radius 1 is 1.39 bits per heavy atom. The fraction of sp³-hybridized carbons (Fsp3) is 0.364. The predicted molar refractivity (Wildman–Crippen MR) is 74.5 cm³/mol. The maximum atomic E-state index is 4.36. The standard InChI is InChI=1S/C11H15BrN6/c1-7(8-4-15-18(3)6-8)16-11-14-5-9(12)10(13-2)17-11/h4-7H,1-3H3,(H2,13,14,16,17). The van der Waals surface area contributed by atoms with Crippen LogP contribution in [0.4, 0.5) is 11.8 Å². The lowest BCUT2D eigenvalue weighted by molar-refractivity contribution is 0.765. The van der Waals surface area contributed by atoms with Gasteiger partial charge < -0.3 is 10.6 Å². The molecular weight excluding hydrogens is 296 g/mol. The Hall–Kier alpha value is -1.63. The summed E-state index contributed by atoms with van der Waals surface area (Å²) in [6.45, 7) is 2.04. The average molecular weight is 311 g/mol. The lowest BCUT2D eigenvalue weighted by atomic mass is 10.2. The van der Waals surface area contributed by atoms with Crippen LogP contribution in [0.3, 0.4) is 0 Å². The minimum atomic E-state index is 0.101. The highest BCUT2D eigenvalue weighted by molar-refractivity contribution is 9.10. The number of hydrogen-bond acceptors (Lipinski definition) is 5. The molecule has 0 saturated heterocycles. The van der Waals surface area contributed by atoms with Crippen molar-refractivity contribution in [1.29, 1.82) is 0 Å². The second-order valence-corrected chi connectivity index (χ2v) is 4.81. The van der Waals surface area contributed by atoms with Gasteiger partial charge in [0.1, 0.15) is 5.82 Å². The summed E-state index contributed by atoms with van der Waals surface area (Å²) in [6.07, 6.45) is 5.52. The normalized spacial score (nSPS) is 12.2. The van der Waals surface area contributed by atoms with Crippen molar-refractivity contribution in [1.82, 2.24) is 19.7 Å². The molecule has 0 radical (unpaired) electrons. The number of aromatic nitrogens is 4. The molecule has 1 atom stereocenters. The maximum Gasteiger partial charge on any atom is 0.225 e. The highest BCUT2D eigenvalue weighted by Gasteiger charge is 2.10. The van der Waals surface area contributed by atoms with E-state index in [4.69, 9.17) is 0 Å². The van der Waals surface area contributed by atoms with Gasteiger partial charge in [0.2, 0.25) is 5.95 Å². The van der Waals surface area contributed by atoms with Gasteiger partial charge in [0.15, 0.2) is 0 Å². The lowest BCUT2D eigenvalue weighted by Gasteiger charge is -2.13. The molecule has 6 nitrogen and oxygen atoms in total.